The van der Waals surface area contributed by atoms with Crippen LogP contribution in [0.5, 0.6) is 0 Å². The topological polar surface area (TPSA) is 81.7 Å². The smallest absolute Gasteiger partial charge is 0.329 e. The van der Waals surface area contributed by atoms with E-state index in [1.54, 1.807) is 0 Å². The largest absolute Gasteiger partial charge is 0.480 e. The van der Waals surface area contributed by atoms with Crippen molar-refractivity contribution in [2.75, 3.05) is 20.6 Å². The minimum atomic E-state index is -1.10. The lowest BCUT2D eigenvalue weighted by Crippen LogP contribution is -2.60. The summed E-state index contributed by atoms with van der Waals surface area (Å²) in [6.45, 7) is 4.81. The first-order chi connectivity index (χ1) is 9.77. The average Bonchev–Trinajstić information content (AvgIpc) is 2.38. The maximum absolute atomic E-state index is 12.2. The van der Waals surface area contributed by atoms with Crippen molar-refractivity contribution in [3.05, 3.63) is 0 Å². The minimum absolute atomic E-state index is 0.00515. The molecule has 1 aliphatic rings. The van der Waals surface area contributed by atoms with Crippen LogP contribution in [0.1, 0.15) is 46.0 Å². The molecule has 0 heterocycles. The van der Waals surface area contributed by atoms with Crippen molar-refractivity contribution in [3.63, 3.8) is 0 Å². The molecule has 1 unspecified atom stereocenters. The Labute approximate surface area is 127 Å². The molecule has 1 aliphatic carbocycles. The van der Waals surface area contributed by atoms with Gasteiger partial charge in [-0.05, 0) is 32.9 Å². The molecule has 0 spiro atoms. The van der Waals surface area contributed by atoms with Crippen molar-refractivity contribution in [1.82, 2.24) is 15.5 Å². The Bertz CT molecular complexity index is 363. The van der Waals surface area contributed by atoms with Gasteiger partial charge in [0, 0.05) is 12.6 Å². The number of nitrogens with one attached hydrogen (secondary N) is 2. The van der Waals surface area contributed by atoms with Gasteiger partial charge in [-0.3, -0.25) is 0 Å². The van der Waals surface area contributed by atoms with Crippen LogP contribution in [0.15, 0.2) is 0 Å². The molecule has 0 radical (unpaired) electrons. The summed E-state index contributed by atoms with van der Waals surface area (Å²) in [6, 6.07) is -0.380. The standard InChI is InChI=1S/C15H29N3O3/c1-11(2)12(10-18(3)4)16-14(21)17-15(13(19)20)8-6-5-7-9-15/h11-12H,5-10H2,1-4H3,(H,19,20)(H2,16,17,21). The molecule has 122 valence electrons. The molecule has 0 aliphatic heterocycles. The highest BCUT2D eigenvalue weighted by atomic mass is 16.4. The highest BCUT2D eigenvalue weighted by molar-refractivity contribution is 5.86. The molecule has 3 N–H and O–H groups in total. The normalized spacial score (nSPS) is 19.3. The molecule has 1 rings (SSSR count). The molecule has 6 nitrogen and oxygen atoms in total. The van der Waals surface area contributed by atoms with Crippen LogP contribution >= 0.6 is 0 Å². The second kappa shape index (κ2) is 7.64. The van der Waals surface area contributed by atoms with E-state index in [2.05, 4.69) is 10.6 Å². The molecule has 0 bridgehead atoms. The number of carboxylic acids is 1. The number of hydrogen-bond donors (Lipinski definition) is 3. The first kappa shape index (κ1) is 17.8. The van der Waals surface area contributed by atoms with Gasteiger partial charge in [-0.15, -0.1) is 0 Å². The van der Waals surface area contributed by atoms with Crippen LogP contribution in [0.4, 0.5) is 4.79 Å². The molecule has 6 heteroatoms. The van der Waals surface area contributed by atoms with E-state index >= 15 is 0 Å². The molecule has 0 aromatic carbocycles. The van der Waals surface area contributed by atoms with E-state index in [0.29, 0.717) is 12.8 Å². The van der Waals surface area contributed by atoms with Gasteiger partial charge in [0.25, 0.3) is 0 Å². The fraction of sp³-hybridized carbons (Fsp3) is 0.867. The van der Waals surface area contributed by atoms with E-state index < -0.39 is 11.5 Å². The summed E-state index contributed by atoms with van der Waals surface area (Å²) < 4.78 is 0. The van der Waals surface area contributed by atoms with Gasteiger partial charge in [0.1, 0.15) is 5.54 Å². The molecule has 1 fully saturated rings. The number of nitrogens with zero attached hydrogens (tertiary/aromatic N) is 1. The Kier molecular flexibility index (Phi) is 6.45. The number of carboxylic acid groups (broad SMARTS) is 1. The summed E-state index contributed by atoms with van der Waals surface area (Å²) in [5, 5.41) is 15.1. The average molecular weight is 299 g/mol. The zero-order valence-electron chi connectivity index (χ0n) is 13.6. The van der Waals surface area contributed by atoms with E-state index in [1.807, 2.05) is 32.8 Å². The molecule has 1 saturated carbocycles. The van der Waals surface area contributed by atoms with Gasteiger partial charge in [0.05, 0.1) is 0 Å². The molecule has 0 aromatic rings. The number of carbonyl (C=O) groups is 2. The lowest BCUT2D eigenvalue weighted by Gasteiger charge is -2.35. The third-order valence-electron chi connectivity index (χ3n) is 4.15. The lowest BCUT2D eigenvalue weighted by molar-refractivity contribution is -0.145. The van der Waals surface area contributed by atoms with Crippen LogP contribution in [0.2, 0.25) is 0 Å². The predicted molar refractivity (Wildman–Crippen MR) is 82.3 cm³/mol. The van der Waals surface area contributed by atoms with Gasteiger partial charge in [-0.25, -0.2) is 9.59 Å². The van der Waals surface area contributed by atoms with E-state index in [0.717, 1.165) is 25.8 Å². The van der Waals surface area contributed by atoms with Crippen LogP contribution in [-0.2, 0) is 4.79 Å². The highest BCUT2D eigenvalue weighted by Crippen LogP contribution is 2.28. The van der Waals surface area contributed by atoms with Gasteiger partial charge < -0.3 is 20.6 Å². The SMILES string of the molecule is CC(C)C(CN(C)C)NC(=O)NC1(C(=O)O)CCCCC1. The number of hydrogen-bond acceptors (Lipinski definition) is 3. The van der Waals surface area contributed by atoms with Crippen molar-refractivity contribution in [2.24, 2.45) is 5.92 Å². The second-order valence-electron chi connectivity index (χ2n) is 6.66. The van der Waals surface area contributed by atoms with Crippen LogP contribution in [0.3, 0.4) is 0 Å². The zero-order valence-corrected chi connectivity index (χ0v) is 13.6. The van der Waals surface area contributed by atoms with E-state index in [4.69, 9.17) is 0 Å². The Morgan fingerprint density at radius 1 is 1.19 bits per heavy atom. The molecular weight excluding hydrogens is 270 g/mol. The van der Waals surface area contributed by atoms with Crippen LogP contribution in [0, 0.1) is 5.92 Å². The van der Waals surface area contributed by atoms with E-state index in [1.165, 1.54) is 0 Å². The Morgan fingerprint density at radius 3 is 2.19 bits per heavy atom. The fourth-order valence-corrected chi connectivity index (χ4v) is 2.79. The summed E-state index contributed by atoms with van der Waals surface area (Å²) >= 11 is 0. The highest BCUT2D eigenvalue weighted by Gasteiger charge is 2.41. The number of rotatable bonds is 6. The summed E-state index contributed by atoms with van der Waals surface area (Å²) in [5.74, 6) is -0.642. The monoisotopic (exact) mass is 299 g/mol. The maximum atomic E-state index is 12.2. The van der Waals surface area contributed by atoms with Crippen molar-refractivity contribution in [2.45, 2.75) is 57.5 Å². The molecule has 2 amide bonds. The number of aliphatic carboxylic acids is 1. The minimum Gasteiger partial charge on any atom is -0.480 e. The molecule has 0 aromatic heterocycles. The number of likely N-dealkylation sites (N-methyl/N-ethyl adjacent to an activating group) is 1. The number of carbonyl (C=O) groups excluding carboxylic acids is 1. The van der Waals surface area contributed by atoms with Crippen molar-refractivity contribution in [1.29, 1.82) is 0 Å². The second-order valence-corrected chi connectivity index (χ2v) is 6.66. The Balaban J connectivity index is 2.66. The third-order valence-corrected chi connectivity index (χ3v) is 4.15. The number of amides is 2. The van der Waals surface area contributed by atoms with Crippen LogP contribution in [-0.4, -0.2) is 54.2 Å². The maximum Gasteiger partial charge on any atom is 0.329 e. The Morgan fingerprint density at radius 2 is 1.76 bits per heavy atom. The van der Waals surface area contributed by atoms with Gasteiger partial charge in [-0.1, -0.05) is 33.1 Å². The van der Waals surface area contributed by atoms with E-state index in [9.17, 15) is 14.7 Å². The first-order valence-electron chi connectivity index (χ1n) is 7.73. The zero-order chi connectivity index (χ0) is 16.0. The van der Waals surface area contributed by atoms with Gasteiger partial charge >= 0.3 is 12.0 Å². The number of urea groups is 1. The van der Waals surface area contributed by atoms with Crippen LogP contribution in [0.25, 0.3) is 0 Å². The van der Waals surface area contributed by atoms with Crippen molar-refractivity contribution < 1.29 is 14.7 Å². The van der Waals surface area contributed by atoms with Crippen molar-refractivity contribution >= 4 is 12.0 Å². The first-order valence-corrected chi connectivity index (χ1v) is 7.73. The lowest BCUT2D eigenvalue weighted by atomic mass is 9.82. The van der Waals surface area contributed by atoms with Gasteiger partial charge in [0.15, 0.2) is 0 Å². The summed E-state index contributed by atoms with van der Waals surface area (Å²) in [4.78, 5) is 25.8. The molecule has 21 heavy (non-hydrogen) atoms. The predicted octanol–water partition coefficient (Wildman–Crippen LogP) is 1.66. The summed E-state index contributed by atoms with van der Waals surface area (Å²) in [6.07, 6.45) is 3.74. The van der Waals surface area contributed by atoms with Crippen molar-refractivity contribution in [3.8, 4) is 0 Å². The molecule has 0 saturated heterocycles. The summed E-state index contributed by atoms with van der Waals surface area (Å²) in [7, 11) is 3.91. The van der Waals surface area contributed by atoms with E-state index in [-0.39, 0.29) is 18.0 Å². The third kappa shape index (κ3) is 5.19. The molecule has 1 atom stereocenters. The molecular formula is C15H29N3O3. The quantitative estimate of drug-likeness (QED) is 0.696. The summed E-state index contributed by atoms with van der Waals surface area (Å²) in [5.41, 5.74) is -1.10. The van der Waals surface area contributed by atoms with Gasteiger partial charge in [-0.2, -0.15) is 0 Å². The van der Waals surface area contributed by atoms with Crippen LogP contribution < -0.4 is 10.6 Å². The Hall–Kier alpha value is -1.30. The fourth-order valence-electron chi connectivity index (χ4n) is 2.79. The van der Waals surface area contributed by atoms with Gasteiger partial charge in [0.2, 0.25) is 0 Å².